The summed E-state index contributed by atoms with van der Waals surface area (Å²) < 4.78 is 46.1. The van der Waals surface area contributed by atoms with E-state index in [4.69, 9.17) is 14.2 Å². The molecule has 246 valence electrons. The van der Waals surface area contributed by atoms with Gasteiger partial charge in [-0.15, -0.1) is 0 Å². The maximum Gasteiger partial charge on any atom is 0.228 e. The van der Waals surface area contributed by atoms with E-state index in [1.165, 1.54) is 42.5 Å². The minimum Gasteiger partial charge on any atom is -0.493 e. The Kier molecular flexibility index (Phi) is 9.24. The van der Waals surface area contributed by atoms with E-state index in [0.29, 0.717) is 40.4 Å². The molecule has 6 rings (SSSR count). The van der Waals surface area contributed by atoms with Crippen LogP contribution in [0.25, 0.3) is 10.9 Å². The number of ether oxygens (including phenoxy) is 3. The minimum absolute atomic E-state index is 0.0471. The topological polar surface area (TPSA) is 114 Å². The number of halogens is 2. The molecule has 0 unspecified atom stereocenters. The molecule has 2 heterocycles. The molecule has 2 fully saturated rings. The molecule has 0 spiro atoms. The molecule has 2 atom stereocenters. The number of carbonyl (C=O) groups is 2. The molecule has 47 heavy (non-hydrogen) atoms. The van der Waals surface area contributed by atoms with Crippen molar-refractivity contribution < 1.29 is 32.6 Å². The molecule has 2 aliphatic rings. The number of rotatable bonds is 11. The summed E-state index contributed by atoms with van der Waals surface area (Å²) in [6, 6.07) is 14.7. The molecule has 1 aromatic heterocycles. The molecule has 1 saturated carbocycles. The van der Waals surface area contributed by atoms with E-state index in [1.54, 1.807) is 31.5 Å². The molecule has 1 aliphatic heterocycles. The van der Waals surface area contributed by atoms with Crippen LogP contribution in [0.1, 0.15) is 13.8 Å². The Bertz CT molecular complexity index is 1780. The van der Waals surface area contributed by atoms with Crippen LogP contribution < -0.4 is 30.2 Å². The average molecular weight is 646 g/mol. The molecule has 2 amide bonds. The summed E-state index contributed by atoms with van der Waals surface area (Å²) in [5.41, 5.74) is 0.639. The molecule has 12 heteroatoms. The smallest absolute Gasteiger partial charge is 0.228 e. The van der Waals surface area contributed by atoms with Gasteiger partial charge in [-0.1, -0.05) is 13.8 Å². The first kappa shape index (κ1) is 32.1. The molecule has 4 aromatic rings. The van der Waals surface area contributed by atoms with E-state index < -0.39 is 34.8 Å². The number of hydrogen-bond acceptors (Lipinski definition) is 8. The highest BCUT2D eigenvalue weighted by atomic mass is 19.1. The lowest BCUT2D eigenvalue weighted by Crippen LogP contribution is -2.44. The number of nitrogens with zero attached hydrogens (tertiary/aromatic N) is 2. The summed E-state index contributed by atoms with van der Waals surface area (Å²) in [6.07, 6.45) is 1.57. The number of aromatic nitrogens is 1. The number of nitrogens with one attached hydrogen (secondary N) is 3. The highest BCUT2D eigenvalue weighted by Gasteiger charge is 2.65. The average Bonchev–Trinajstić information content (AvgIpc) is 3.65. The molecule has 0 bridgehead atoms. The molecule has 10 nitrogen and oxygen atoms in total. The molecule has 3 N–H and O–H groups in total. The van der Waals surface area contributed by atoms with Gasteiger partial charge in [0.15, 0.2) is 23.1 Å². The van der Waals surface area contributed by atoms with Crippen molar-refractivity contribution in [3.05, 3.63) is 78.5 Å². The SMILES string of the molecule is COc1cc2c(Oc3ccc(NC(=O)[C@H]4[C@@H](C(=O)Nc5ccc(F)cc5)C4(C)C)cc3F)ccnc2cc1OCCN1CCNCC1. The zero-order chi connectivity index (χ0) is 33.1. The summed E-state index contributed by atoms with van der Waals surface area (Å²) >= 11 is 0. The molecule has 0 radical (unpaired) electrons. The van der Waals surface area contributed by atoms with E-state index in [-0.39, 0.29) is 17.3 Å². The number of benzene rings is 3. The van der Waals surface area contributed by atoms with E-state index in [0.717, 1.165) is 32.7 Å². The van der Waals surface area contributed by atoms with Crippen LogP contribution in [0.4, 0.5) is 20.2 Å². The number of anilines is 2. The lowest BCUT2D eigenvalue weighted by atomic mass is 10.1. The quantitative estimate of drug-likeness (QED) is 0.198. The normalized spacial score (nSPS) is 18.7. The Labute approximate surface area is 271 Å². The predicted octanol–water partition coefficient (Wildman–Crippen LogP) is 5.45. The standard InChI is InChI=1S/C35H37F2N5O5/c1-35(2)31(33(43)40-22-6-4-21(36)5-7-22)32(35)34(44)41-23-8-9-28(25(37)18-23)47-27-10-11-39-26-20-30(29(45-3)19-24(26)27)46-17-16-42-14-12-38-13-15-42/h4-11,18-20,31-32,38H,12-17H2,1-3H3,(H,40,43)(H,41,44)/t31-,32+/m0/s1. The number of pyridine rings is 1. The van der Waals surface area contributed by atoms with Crippen molar-refractivity contribution in [2.75, 3.05) is 57.1 Å². The summed E-state index contributed by atoms with van der Waals surface area (Å²) in [6.45, 7) is 8.80. The van der Waals surface area contributed by atoms with Gasteiger partial charge in [-0.2, -0.15) is 0 Å². The second-order valence-corrected chi connectivity index (χ2v) is 12.3. The zero-order valence-electron chi connectivity index (χ0n) is 26.4. The largest absolute Gasteiger partial charge is 0.493 e. The summed E-state index contributed by atoms with van der Waals surface area (Å²) in [5.74, 6) is -1.70. The van der Waals surface area contributed by atoms with Crippen LogP contribution in [0, 0.1) is 28.9 Å². The van der Waals surface area contributed by atoms with Gasteiger partial charge in [0.2, 0.25) is 11.8 Å². The third-order valence-corrected chi connectivity index (χ3v) is 8.79. The van der Waals surface area contributed by atoms with Crippen LogP contribution in [0.15, 0.2) is 66.9 Å². The Morgan fingerprint density at radius 1 is 0.894 bits per heavy atom. The lowest BCUT2D eigenvalue weighted by molar-refractivity contribution is -0.122. The van der Waals surface area contributed by atoms with Gasteiger partial charge in [-0.25, -0.2) is 8.78 Å². The van der Waals surface area contributed by atoms with Gasteiger partial charge in [-0.05, 0) is 53.9 Å². The van der Waals surface area contributed by atoms with E-state index in [1.807, 2.05) is 13.8 Å². The first-order chi connectivity index (χ1) is 22.6. The lowest BCUT2D eigenvalue weighted by Gasteiger charge is -2.27. The minimum atomic E-state index is -0.687. The monoisotopic (exact) mass is 645 g/mol. The molecular formula is C35H37F2N5O5. The number of hydrogen-bond donors (Lipinski definition) is 3. The maximum absolute atomic E-state index is 15.3. The fourth-order valence-corrected chi connectivity index (χ4v) is 6.08. The highest BCUT2D eigenvalue weighted by molar-refractivity contribution is 6.04. The second-order valence-electron chi connectivity index (χ2n) is 12.3. The molecule has 3 aromatic carbocycles. The van der Waals surface area contributed by atoms with Crippen molar-refractivity contribution in [2.45, 2.75) is 13.8 Å². The number of amides is 2. The first-order valence-electron chi connectivity index (χ1n) is 15.5. The van der Waals surface area contributed by atoms with Crippen LogP contribution in [0.3, 0.4) is 0 Å². The predicted molar refractivity (Wildman–Crippen MR) is 174 cm³/mol. The van der Waals surface area contributed by atoms with Gasteiger partial charge in [-0.3, -0.25) is 19.5 Å². The van der Waals surface area contributed by atoms with Gasteiger partial charge < -0.3 is 30.2 Å². The van der Waals surface area contributed by atoms with Gasteiger partial charge >= 0.3 is 0 Å². The van der Waals surface area contributed by atoms with Crippen molar-refractivity contribution in [1.82, 2.24) is 15.2 Å². The number of fused-ring (bicyclic) bond motifs is 1. The van der Waals surface area contributed by atoms with Gasteiger partial charge in [0.1, 0.15) is 18.2 Å². The van der Waals surface area contributed by atoms with Crippen LogP contribution in [0.5, 0.6) is 23.0 Å². The Hall–Kier alpha value is -4.81. The van der Waals surface area contributed by atoms with Crippen LogP contribution >= 0.6 is 0 Å². The second kappa shape index (κ2) is 13.5. The fourth-order valence-electron chi connectivity index (χ4n) is 6.08. The van der Waals surface area contributed by atoms with Crippen molar-refractivity contribution in [2.24, 2.45) is 17.3 Å². The highest BCUT2D eigenvalue weighted by Crippen LogP contribution is 2.59. The molecule has 1 saturated heterocycles. The van der Waals surface area contributed by atoms with Crippen molar-refractivity contribution in [3.63, 3.8) is 0 Å². The summed E-state index contributed by atoms with van der Waals surface area (Å²) in [4.78, 5) is 32.8. The van der Waals surface area contributed by atoms with Crippen LogP contribution in [-0.2, 0) is 9.59 Å². The van der Waals surface area contributed by atoms with Crippen molar-refractivity contribution in [1.29, 1.82) is 0 Å². The Morgan fingerprint density at radius 2 is 1.57 bits per heavy atom. The number of piperazine rings is 1. The Balaban J connectivity index is 1.10. The van der Waals surface area contributed by atoms with E-state index in [9.17, 15) is 14.0 Å². The Morgan fingerprint density at radius 3 is 2.26 bits per heavy atom. The van der Waals surface area contributed by atoms with Crippen molar-refractivity contribution >= 4 is 34.1 Å². The zero-order valence-corrected chi connectivity index (χ0v) is 26.4. The fraction of sp³-hybridized carbons (Fsp3) is 0.343. The van der Waals surface area contributed by atoms with Gasteiger partial charge in [0.05, 0.1) is 24.5 Å². The van der Waals surface area contributed by atoms with Crippen LogP contribution in [-0.4, -0.2) is 68.1 Å². The van der Waals surface area contributed by atoms with E-state index >= 15 is 4.39 Å². The summed E-state index contributed by atoms with van der Waals surface area (Å²) in [7, 11) is 1.55. The van der Waals surface area contributed by atoms with Crippen LogP contribution in [0.2, 0.25) is 0 Å². The van der Waals surface area contributed by atoms with Gasteiger partial charge in [0, 0.05) is 67.8 Å². The number of carbonyl (C=O) groups excluding carboxylic acids is 2. The van der Waals surface area contributed by atoms with Crippen molar-refractivity contribution in [3.8, 4) is 23.0 Å². The molecule has 1 aliphatic carbocycles. The third kappa shape index (κ3) is 7.13. The first-order valence-corrected chi connectivity index (χ1v) is 15.5. The van der Waals surface area contributed by atoms with Gasteiger partial charge in [0.25, 0.3) is 0 Å². The summed E-state index contributed by atoms with van der Waals surface area (Å²) in [5, 5.41) is 9.40. The third-order valence-electron chi connectivity index (χ3n) is 8.79. The molecular weight excluding hydrogens is 608 g/mol. The maximum atomic E-state index is 15.3. The number of methoxy groups -OCH3 is 1. The van der Waals surface area contributed by atoms with E-state index in [2.05, 4.69) is 25.8 Å².